The van der Waals surface area contributed by atoms with Gasteiger partial charge in [0.15, 0.2) is 0 Å². The monoisotopic (exact) mass is 285 g/mol. The third kappa shape index (κ3) is 9.08. The highest BCUT2D eigenvalue weighted by Crippen LogP contribution is 2.17. The van der Waals surface area contributed by atoms with Gasteiger partial charge in [0.05, 0.1) is 6.23 Å². The minimum absolute atomic E-state index is 0.394. The summed E-state index contributed by atoms with van der Waals surface area (Å²) in [6.45, 7) is 13.6. The summed E-state index contributed by atoms with van der Waals surface area (Å²) in [5, 5.41) is 2.75. The van der Waals surface area contributed by atoms with Crippen LogP contribution in [-0.4, -0.2) is 38.7 Å². The summed E-state index contributed by atoms with van der Waals surface area (Å²) in [5.41, 5.74) is 0. The molecule has 0 heterocycles. The Morgan fingerprint density at radius 1 is 0.842 bits per heavy atom. The number of hydrogen-bond donors (Lipinski definition) is 0. The van der Waals surface area contributed by atoms with Gasteiger partial charge in [0.2, 0.25) is 0 Å². The van der Waals surface area contributed by atoms with Gasteiger partial charge in [0.25, 0.3) is 0 Å². The van der Waals surface area contributed by atoms with Gasteiger partial charge in [-0.3, -0.25) is 4.90 Å². The smallest absolute Gasteiger partial charge is 0.461 e. The third-order valence-corrected chi connectivity index (χ3v) is 6.67. The van der Waals surface area contributed by atoms with E-state index in [1.54, 1.807) is 0 Å². The first-order valence-corrected chi connectivity index (χ1v) is 10.7. The Hall–Kier alpha value is 0.452. The molecule has 1 unspecified atom stereocenters. The Labute approximate surface area is 126 Å². The van der Waals surface area contributed by atoms with Crippen LogP contribution < -0.4 is 0 Å². The van der Waals surface area contributed by atoms with Gasteiger partial charge in [-0.25, -0.2) is 0 Å². The van der Waals surface area contributed by atoms with Crippen LogP contribution in [-0.2, 0) is 3.79 Å². The van der Waals surface area contributed by atoms with Gasteiger partial charge in [-0.05, 0) is 19.5 Å². The summed E-state index contributed by atoms with van der Waals surface area (Å²) < 4.78 is 6.60. The highest BCUT2D eigenvalue weighted by molar-refractivity contribution is 6.51. The summed E-state index contributed by atoms with van der Waals surface area (Å²) in [6.07, 6.45) is 8.15. The molecule has 0 saturated carbocycles. The van der Waals surface area contributed by atoms with Gasteiger partial charge in [0.1, 0.15) is 0 Å². The number of rotatable bonds is 13. The molecule has 3 heteroatoms. The van der Waals surface area contributed by atoms with Crippen LogP contribution in [0.3, 0.4) is 0 Å². The van der Waals surface area contributed by atoms with Crippen LogP contribution in [0.5, 0.6) is 0 Å². The second-order valence-corrected chi connectivity index (χ2v) is 8.18. The summed E-state index contributed by atoms with van der Waals surface area (Å²) in [4.78, 5) is 2.50. The Bertz CT molecular complexity index is 178. The molecule has 0 aliphatic heterocycles. The normalized spacial score (nSPS) is 12.9. The van der Waals surface area contributed by atoms with Crippen molar-refractivity contribution in [3.05, 3.63) is 0 Å². The summed E-state index contributed by atoms with van der Waals surface area (Å²) >= 11 is -0.984. The first kappa shape index (κ1) is 19.5. The van der Waals surface area contributed by atoms with Crippen LogP contribution in [0.1, 0.15) is 73.1 Å². The van der Waals surface area contributed by atoms with E-state index in [2.05, 4.69) is 39.5 Å². The minimum atomic E-state index is -0.984. The lowest BCUT2D eigenvalue weighted by Crippen LogP contribution is -2.40. The molecule has 0 spiro atoms. The number of nitrogens with zero attached hydrogens (tertiary/aromatic N) is 1. The molecule has 0 amide bonds. The van der Waals surface area contributed by atoms with E-state index in [9.17, 15) is 0 Å². The van der Waals surface area contributed by atoms with Crippen molar-refractivity contribution in [3.8, 4) is 0 Å². The lowest BCUT2D eigenvalue weighted by molar-refractivity contribution is 0.0222. The van der Waals surface area contributed by atoms with Crippen LogP contribution in [0.15, 0.2) is 0 Å². The van der Waals surface area contributed by atoms with Gasteiger partial charge in [-0.2, -0.15) is 0 Å². The van der Waals surface area contributed by atoms with E-state index in [-0.39, 0.29) is 0 Å². The van der Waals surface area contributed by atoms with Crippen LogP contribution >= 0.6 is 0 Å². The third-order valence-electron chi connectivity index (χ3n) is 3.86. The van der Waals surface area contributed by atoms with Crippen LogP contribution in [0.2, 0.25) is 10.6 Å². The molecule has 0 aromatic rings. The standard InChI is InChI=1S/C8H18NO.2C4H9.Al/c1-4-7-8(10)9(5-2)6-3;2*1-3-4-2;/h8H,4-7H2,1-3H3;2*1,3-4H2,2H3;/q-1;;;+1. The molecule has 114 valence electrons. The first-order chi connectivity index (χ1) is 9.23. The van der Waals surface area contributed by atoms with E-state index in [1.165, 1.54) is 49.1 Å². The van der Waals surface area contributed by atoms with Crippen molar-refractivity contribution in [1.82, 2.24) is 4.90 Å². The largest absolute Gasteiger partial charge is 0.487 e. The highest BCUT2D eigenvalue weighted by Gasteiger charge is 2.25. The maximum atomic E-state index is 6.60. The predicted molar refractivity (Wildman–Crippen MR) is 87.9 cm³/mol. The minimum Gasteiger partial charge on any atom is -0.487 e. The van der Waals surface area contributed by atoms with Crippen molar-refractivity contribution >= 4 is 14.5 Å². The molecule has 19 heavy (non-hydrogen) atoms. The zero-order valence-corrected chi connectivity index (χ0v) is 15.2. The Morgan fingerprint density at radius 3 is 1.74 bits per heavy atom. The number of hydrogen-bond acceptors (Lipinski definition) is 2. The van der Waals surface area contributed by atoms with Crippen molar-refractivity contribution < 1.29 is 3.79 Å². The molecular formula is C16H36AlNO. The predicted octanol–water partition coefficient (Wildman–Crippen LogP) is 5.06. The van der Waals surface area contributed by atoms with Crippen LogP contribution in [0.25, 0.3) is 0 Å². The molecule has 2 nitrogen and oxygen atoms in total. The van der Waals surface area contributed by atoms with Gasteiger partial charge in [-0.15, -0.1) is 0 Å². The van der Waals surface area contributed by atoms with E-state index in [4.69, 9.17) is 3.79 Å². The topological polar surface area (TPSA) is 12.5 Å². The molecule has 1 atom stereocenters. The van der Waals surface area contributed by atoms with Gasteiger partial charge >= 0.3 is 14.5 Å². The lowest BCUT2D eigenvalue weighted by Gasteiger charge is -2.33. The first-order valence-electron chi connectivity index (χ1n) is 8.62. The molecule has 0 aliphatic rings. The van der Waals surface area contributed by atoms with Crippen molar-refractivity contribution in [3.63, 3.8) is 0 Å². The molecule has 0 fully saturated rings. The zero-order valence-electron chi connectivity index (χ0n) is 14.1. The molecule has 0 aromatic heterocycles. The summed E-state index contributed by atoms with van der Waals surface area (Å²) in [7, 11) is 0. The fourth-order valence-electron chi connectivity index (χ4n) is 2.58. The fourth-order valence-corrected chi connectivity index (χ4v) is 5.62. The molecule has 0 saturated heterocycles. The zero-order chi connectivity index (χ0) is 14.5. The Kier molecular flexibility index (Phi) is 13.8. The molecule has 0 N–H and O–H groups in total. The molecule has 0 bridgehead atoms. The van der Waals surface area contributed by atoms with Crippen molar-refractivity contribution in [1.29, 1.82) is 0 Å². The summed E-state index contributed by atoms with van der Waals surface area (Å²) in [5.74, 6) is 0. The molecule has 0 aromatic carbocycles. The maximum absolute atomic E-state index is 6.60. The van der Waals surface area contributed by atoms with Crippen molar-refractivity contribution in [2.45, 2.75) is 89.9 Å². The van der Waals surface area contributed by atoms with E-state index in [1.807, 2.05) is 0 Å². The SMILES string of the molecule is CCC[CH2][Al]([CH2]CCC)[O]C(CCC)N(CC)CC. The molecular weight excluding hydrogens is 249 g/mol. The van der Waals surface area contributed by atoms with E-state index >= 15 is 0 Å². The van der Waals surface area contributed by atoms with Gasteiger partial charge in [0, 0.05) is 0 Å². The molecule has 0 rings (SSSR count). The average Bonchev–Trinajstić information content (AvgIpc) is 2.43. The van der Waals surface area contributed by atoms with Crippen LogP contribution in [0.4, 0.5) is 0 Å². The Balaban J connectivity index is 4.42. The quantitative estimate of drug-likeness (QED) is 0.346. The molecule has 0 radical (unpaired) electrons. The lowest BCUT2D eigenvalue weighted by atomic mass is 10.3. The van der Waals surface area contributed by atoms with Crippen molar-refractivity contribution in [2.24, 2.45) is 0 Å². The second kappa shape index (κ2) is 13.4. The van der Waals surface area contributed by atoms with E-state index in [0.29, 0.717) is 6.23 Å². The summed E-state index contributed by atoms with van der Waals surface area (Å²) in [6, 6.07) is 0. The average molecular weight is 285 g/mol. The maximum Gasteiger partial charge on any atom is 0.461 e. The molecule has 0 aliphatic carbocycles. The van der Waals surface area contributed by atoms with E-state index < -0.39 is 14.5 Å². The van der Waals surface area contributed by atoms with E-state index in [0.717, 1.165) is 13.1 Å². The van der Waals surface area contributed by atoms with Gasteiger partial charge < -0.3 is 3.79 Å². The number of unbranched alkanes of at least 4 members (excludes halogenated alkanes) is 2. The Morgan fingerprint density at radius 2 is 1.37 bits per heavy atom. The highest BCUT2D eigenvalue weighted by atomic mass is 27.2. The van der Waals surface area contributed by atoms with Crippen LogP contribution in [0, 0.1) is 0 Å². The second-order valence-electron chi connectivity index (χ2n) is 5.51. The van der Waals surface area contributed by atoms with Gasteiger partial charge in [-0.1, -0.05) is 77.3 Å². The van der Waals surface area contributed by atoms with Crippen molar-refractivity contribution in [2.75, 3.05) is 13.1 Å². The fraction of sp³-hybridized carbons (Fsp3) is 1.00.